The van der Waals surface area contributed by atoms with Crippen molar-refractivity contribution < 1.29 is 5.11 Å². The summed E-state index contributed by atoms with van der Waals surface area (Å²) in [5.74, 6) is 0. The number of nitrogens with one attached hydrogen (secondary N) is 1. The van der Waals surface area contributed by atoms with Gasteiger partial charge in [-0.1, -0.05) is 32.0 Å². The summed E-state index contributed by atoms with van der Waals surface area (Å²) >= 11 is 0. The normalized spacial score (nSPS) is 12.5. The minimum absolute atomic E-state index is 0.480. The number of hydrogen-bond acceptors (Lipinski definition) is 2. The molecule has 0 aliphatic heterocycles. The number of aromatic nitrogens is 1. The molecule has 0 aliphatic rings. The van der Waals surface area contributed by atoms with E-state index in [-0.39, 0.29) is 0 Å². The predicted molar refractivity (Wildman–Crippen MR) is 84.8 cm³/mol. The molecule has 1 aromatic carbocycles. The van der Waals surface area contributed by atoms with Gasteiger partial charge in [-0.2, -0.15) is 0 Å². The van der Waals surface area contributed by atoms with Crippen molar-refractivity contribution in [2.24, 2.45) is 0 Å². The van der Waals surface area contributed by atoms with Gasteiger partial charge in [-0.3, -0.25) is 0 Å². The predicted octanol–water partition coefficient (Wildman–Crippen LogP) is 3.30. The van der Waals surface area contributed by atoms with Crippen LogP contribution in [0.3, 0.4) is 0 Å². The molecule has 2 N–H and O–H groups in total. The lowest BCUT2D eigenvalue weighted by Gasteiger charge is -2.17. The van der Waals surface area contributed by atoms with E-state index < -0.39 is 5.60 Å². The third kappa shape index (κ3) is 3.84. The van der Waals surface area contributed by atoms with Crippen molar-refractivity contribution in [3.05, 3.63) is 36.0 Å². The Morgan fingerprint density at radius 3 is 2.60 bits per heavy atom. The van der Waals surface area contributed by atoms with Crippen LogP contribution in [0.5, 0.6) is 0 Å². The molecule has 3 heteroatoms. The first-order valence-corrected chi connectivity index (χ1v) is 7.39. The molecule has 110 valence electrons. The Morgan fingerprint density at radius 2 is 1.95 bits per heavy atom. The van der Waals surface area contributed by atoms with Gasteiger partial charge in [0.15, 0.2) is 0 Å². The minimum atomic E-state index is -0.623. The fourth-order valence-corrected chi connectivity index (χ4v) is 2.36. The zero-order valence-corrected chi connectivity index (χ0v) is 13.0. The maximum Gasteiger partial charge on any atom is 0.0608 e. The van der Waals surface area contributed by atoms with E-state index in [2.05, 4.69) is 54.2 Å². The maximum atomic E-state index is 9.91. The molecule has 3 nitrogen and oxygen atoms in total. The number of hydrogen-bond donors (Lipinski definition) is 2. The van der Waals surface area contributed by atoms with Crippen molar-refractivity contribution in [3.8, 4) is 0 Å². The second-order valence-electron chi connectivity index (χ2n) is 6.46. The SMILES string of the molecule is CC(C)NCc1cn(CCC(C)(C)O)c2ccccc12. The van der Waals surface area contributed by atoms with Gasteiger partial charge in [0, 0.05) is 36.2 Å². The van der Waals surface area contributed by atoms with Crippen molar-refractivity contribution in [2.45, 2.75) is 58.8 Å². The monoisotopic (exact) mass is 274 g/mol. The first kappa shape index (κ1) is 15.1. The second-order valence-corrected chi connectivity index (χ2v) is 6.46. The quantitative estimate of drug-likeness (QED) is 0.848. The highest BCUT2D eigenvalue weighted by molar-refractivity contribution is 5.83. The van der Waals surface area contributed by atoms with Gasteiger partial charge in [-0.05, 0) is 31.9 Å². The summed E-state index contributed by atoms with van der Waals surface area (Å²) in [6, 6.07) is 8.96. The topological polar surface area (TPSA) is 37.2 Å². The number of rotatable bonds is 6. The van der Waals surface area contributed by atoms with Crippen LogP contribution in [-0.2, 0) is 13.1 Å². The molecule has 0 saturated heterocycles. The lowest BCUT2D eigenvalue weighted by molar-refractivity contribution is 0.0666. The van der Waals surface area contributed by atoms with Gasteiger partial charge < -0.3 is 15.0 Å². The van der Waals surface area contributed by atoms with Crippen molar-refractivity contribution in [1.29, 1.82) is 0 Å². The van der Waals surface area contributed by atoms with Crippen LogP contribution < -0.4 is 5.32 Å². The van der Waals surface area contributed by atoms with Crippen LogP contribution >= 0.6 is 0 Å². The Hall–Kier alpha value is -1.32. The van der Waals surface area contributed by atoms with Gasteiger partial charge in [0.25, 0.3) is 0 Å². The highest BCUT2D eigenvalue weighted by Gasteiger charge is 2.14. The van der Waals surface area contributed by atoms with Gasteiger partial charge in [0.2, 0.25) is 0 Å². The molecule has 0 saturated carbocycles. The summed E-state index contributed by atoms with van der Waals surface area (Å²) in [5.41, 5.74) is 1.95. The lowest BCUT2D eigenvalue weighted by atomic mass is 10.1. The van der Waals surface area contributed by atoms with E-state index in [9.17, 15) is 5.11 Å². The molecule has 1 heterocycles. The summed E-state index contributed by atoms with van der Waals surface area (Å²) < 4.78 is 2.25. The number of benzene rings is 1. The van der Waals surface area contributed by atoms with Crippen molar-refractivity contribution in [3.63, 3.8) is 0 Å². The molecule has 20 heavy (non-hydrogen) atoms. The third-order valence-corrected chi connectivity index (χ3v) is 3.54. The zero-order valence-electron chi connectivity index (χ0n) is 13.0. The largest absolute Gasteiger partial charge is 0.390 e. The van der Waals surface area contributed by atoms with Crippen molar-refractivity contribution >= 4 is 10.9 Å². The fourth-order valence-electron chi connectivity index (χ4n) is 2.36. The summed E-state index contributed by atoms with van der Waals surface area (Å²) in [6.45, 7) is 9.76. The van der Waals surface area contributed by atoms with Gasteiger partial charge in [0.1, 0.15) is 0 Å². The van der Waals surface area contributed by atoms with E-state index in [1.807, 2.05) is 13.8 Å². The van der Waals surface area contributed by atoms with Crippen LogP contribution in [-0.4, -0.2) is 21.3 Å². The fraction of sp³-hybridized carbons (Fsp3) is 0.529. The highest BCUT2D eigenvalue weighted by Crippen LogP contribution is 2.23. The smallest absolute Gasteiger partial charge is 0.0608 e. The van der Waals surface area contributed by atoms with Crippen molar-refractivity contribution in [1.82, 2.24) is 9.88 Å². The number of nitrogens with zero attached hydrogens (tertiary/aromatic N) is 1. The first-order chi connectivity index (χ1) is 9.37. The number of aryl methyl sites for hydroxylation is 1. The molecule has 2 aromatic rings. The maximum absolute atomic E-state index is 9.91. The molecule has 2 rings (SSSR count). The molecule has 0 radical (unpaired) electrons. The van der Waals surface area contributed by atoms with Gasteiger partial charge in [0.05, 0.1) is 5.60 Å². The highest BCUT2D eigenvalue weighted by atomic mass is 16.3. The Labute approximate surface area is 121 Å². The summed E-state index contributed by atoms with van der Waals surface area (Å²) in [4.78, 5) is 0. The molecule has 0 atom stereocenters. The Morgan fingerprint density at radius 1 is 1.25 bits per heavy atom. The van der Waals surface area contributed by atoms with E-state index in [4.69, 9.17) is 0 Å². The Balaban J connectivity index is 2.26. The van der Waals surface area contributed by atoms with Crippen LogP contribution in [0.25, 0.3) is 10.9 Å². The molecule has 0 spiro atoms. The molecule has 0 amide bonds. The lowest BCUT2D eigenvalue weighted by Crippen LogP contribution is -2.22. The molecule has 0 bridgehead atoms. The average Bonchev–Trinajstić information content (AvgIpc) is 2.71. The van der Waals surface area contributed by atoms with Gasteiger partial charge in [-0.15, -0.1) is 0 Å². The summed E-state index contributed by atoms with van der Waals surface area (Å²) in [5, 5.41) is 14.7. The van der Waals surface area contributed by atoms with Crippen LogP contribution in [0, 0.1) is 0 Å². The van der Waals surface area contributed by atoms with Crippen LogP contribution in [0.4, 0.5) is 0 Å². The Bertz CT molecular complexity index is 564. The number of fused-ring (bicyclic) bond motifs is 1. The molecule has 0 aliphatic carbocycles. The molecular formula is C17H26N2O. The van der Waals surface area contributed by atoms with Gasteiger partial charge >= 0.3 is 0 Å². The molecule has 1 aromatic heterocycles. The van der Waals surface area contributed by atoms with Crippen LogP contribution in [0.15, 0.2) is 30.5 Å². The van der Waals surface area contributed by atoms with E-state index >= 15 is 0 Å². The van der Waals surface area contributed by atoms with E-state index in [0.717, 1.165) is 19.5 Å². The standard InChI is InChI=1S/C17H26N2O/c1-13(2)18-11-14-12-19(10-9-17(3,4)20)16-8-6-5-7-15(14)16/h5-8,12-13,18,20H,9-11H2,1-4H3. The van der Waals surface area contributed by atoms with E-state index in [1.54, 1.807) is 0 Å². The summed E-state index contributed by atoms with van der Waals surface area (Å²) in [6.07, 6.45) is 2.97. The van der Waals surface area contributed by atoms with Gasteiger partial charge in [-0.25, -0.2) is 0 Å². The summed E-state index contributed by atoms with van der Waals surface area (Å²) in [7, 11) is 0. The average molecular weight is 274 g/mol. The zero-order chi connectivity index (χ0) is 14.8. The minimum Gasteiger partial charge on any atom is -0.390 e. The number of para-hydroxylation sites is 1. The second kappa shape index (κ2) is 5.98. The van der Waals surface area contributed by atoms with E-state index in [1.165, 1.54) is 16.5 Å². The molecular weight excluding hydrogens is 248 g/mol. The molecule has 0 fully saturated rings. The van der Waals surface area contributed by atoms with E-state index in [0.29, 0.717) is 6.04 Å². The third-order valence-electron chi connectivity index (χ3n) is 3.54. The Kier molecular flexibility index (Phi) is 4.51. The first-order valence-electron chi connectivity index (χ1n) is 7.39. The van der Waals surface area contributed by atoms with Crippen LogP contribution in [0.1, 0.15) is 39.7 Å². The van der Waals surface area contributed by atoms with Crippen molar-refractivity contribution in [2.75, 3.05) is 0 Å². The number of aliphatic hydroxyl groups is 1. The van der Waals surface area contributed by atoms with Crippen LogP contribution in [0.2, 0.25) is 0 Å². The molecule has 0 unspecified atom stereocenters.